The van der Waals surface area contributed by atoms with Crippen LogP contribution < -0.4 is 4.74 Å². The average Bonchev–Trinajstić information content (AvgIpc) is 2.93. The lowest BCUT2D eigenvalue weighted by Crippen LogP contribution is -2.39. The Morgan fingerprint density at radius 2 is 2.04 bits per heavy atom. The summed E-state index contributed by atoms with van der Waals surface area (Å²) < 4.78 is 16.5. The number of likely N-dealkylation sites (tertiary alicyclic amines) is 1. The second kappa shape index (κ2) is 7.32. The second-order valence-corrected chi connectivity index (χ2v) is 6.50. The number of rotatable bonds is 5. The summed E-state index contributed by atoms with van der Waals surface area (Å²) in [4.78, 5) is 14.5. The normalized spacial score (nSPS) is 23.2. The Kier molecular flexibility index (Phi) is 5.18. The molecule has 1 atom stereocenters. The van der Waals surface area contributed by atoms with Gasteiger partial charge in [0.2, 0.25) is 0 Å². The SMILES string of the molecule is COC[C@@H]1CN(C(=O)COc2ccccc2)CC12CCOCC2. The number of hydrogen-bond acceptors (Lipinski definition) is 4. The molecule has 2 aliphatic heterocycles. The molecule has 1 aromatic rings. The molecule has 5 nitrogen and oxygen atoms in total. The fourth-order valence-electron chi connectivity index (χ4n) is 3.75. The number of carbonyl (C=O) groups excluding carboxylic acids is 1. The van der Waals surface area contributed by atoms with Crippen molar-refractivity contribution in [1.29, 1.82) is 0 Å². The van der Waals surface area contributed by atoms with Crippen LogP contribution >= 0.6 is 0 Å². The van der Waals surface area contributed by atoms with E-state index in [-0.39, 0.29) is 17.9 Å². The molecule has 126 valence electrons. The zero-order valence-electron chi connectivity index (χ0n) is 13.7. The van der Waals surface area contributed by atoms with E-state index in [1.165, 1.54) is 0 Å². The third-order valence-electron chi connectivity index (χ3n) is 5.13. The van der Waals surface area contributed by atoms with Crippen molar-refractivity contribution < 1.29 is 19.0 Å². The highest BCUT2D eigenvalue weighted by molar-refractivity contribution is 5.78. The Bertz CT molecular complexity index is 513. The summed E-state index contributed by atoms with van der Waals surface area (Å²) in [5, 5.41) is 0. The molecule has 0 aromatic heterocycles. The highest BCUT2D eigenvalue weighted by atomic mass is 16.5. The molecule has 1 amide bonds. The van der Waals surface area contributed by atoms with Crippen molar-refractivity contribution in [2.75, 3.05) is 46.6 Å². The number of methoxy groups -OCH3 is 1. The number of para-hydroxylation sites is 1. The maximum Gasteiger partial charge on any atom is 0.260 e. The first-order valence-corrected chi connectivity index (χ1v) is 8.26. The molecule has 1 aromatic carbocycles. The van der Waals surface area contributed by atoms with Gasteiger partial charge in [0.05, 0.1) is 6.61 Å². The van der Waals surface area contributed by atoms with Crippen LogP contribution in [0.25, 0.3) is 0 Å². The maximum absolute atomic E-state index is 12.5. The number of amides is 1. The van der Waals surface area contributed by atoms with Gasteiger partial charge in [-0.1, -0.05) is 18.2 Å². The van der Waals surface area contributed by atoms with E-state index in [1.807, 2.05) is 35.2 Å². The van der Waals surface area contributed by atoms with Crippen molar-refractivity contribution in [2.24, 2.45) is 11.3 Å². The fraction of sp³-hybridized carbons (Fsp3) is 0.611. The van der Waals surface area contributed by atoms with Crippen molar-refractivity contribution >= 4 is 5.91 Å². The molecule has 2 aliphatic rings. The van der Waals surface area contributed by atoms with E-state index in [0.29, 0.717) is 12.5 Å². The Morgan fingerprint density at radius 3 is 2.74 bits per heavy atom. The number of ether oxygens (including phenoxy) is 3. The van der Waals surface area contributed by atoms with Gasteiger partial charge < -0.3 is 19.1 Å². The molecule has 2 fully saturated rings. The molecule has 0 radical (unpaired) electrons. The van der Waals surface area contributed by atoms with Gasteiger partial charge >= 0.3 is 0 Å². The van der Waals surface area contributed by atoms with Gasteiger partial charge in [-0.05, 0) is 30.4 Å². The van der Waals surface area contributed by atoms with Gasteiger partial charge in [0.15, 0.2) is 6.61 Å². The van der Waals surface area contributed by atoms with Gasteiger partial charge in [0, 0.05) is 39.3 Å². The van der Waals surface area contributed by atoms with Gasteiger partial charge in [-0.3, -0.25) is 4.79 Å². The minimum absolute atomic E-state index is 0.0540. The molecule has 2 heterocycles. The molecular formula is C18H25NO4. The van der Waals surface area contributed by atoms with E-state index in [9.17, 15) is 4.79 Å². The van der Waals surface area contributed by atoms with Crippen LogP contribution in [0.15, 0.2) is 30.3 Å². The second-order valence-electron chi connectivity index (χ2n) is 6.50. The third kappa shape index (κ3) is 3.67. The van der Waals surface area contributed by atoms with Gasteiger partial charge in [-0.25, -0.2) is 0 Å². The van der Waals surface area contributed by atoms with Crippen molar-refractivity contribution in [2.45, 2.75) is 12.8 Å². The van der Waals surface area contributed by atoms with Crippen LogP contribution in [0.3, 0.4) is 0 Å². The minimum Gasteiger partial charge on any atom is -0.484 e. The van der Waals surface area contributed by atoms with Crippen LogP contribution in [0.1, 0.15) is 12.8 Å². The highest BCUT2D eigenvalue weighted by Gasteiger charge is 2.48. The average molecular weight is 319 g/mol. The predicted octanol–water partition coefficient (Wildman–Crippen LogP) is 1.97. The summed E-state index contributed by atoms with van der Waals surface area (Å²) in [5.41, 5.74) is 0.149. The first-order chi connectivity index (χ1) is 11.2. The van der Waals surface area contributed by atoms with E-state index in [4.69, 9.17) is 14.2 Å². The van der Waals surface area contributed by atoms with Crippen LogP contribution in [0.5, 0.6) is 5.75 Å². The van der Waals surface area contributed by atoms with Gasteiger partial charge in [-0.15, -0.1) is 0 Å². The zero-order valence-corrected chi connectivity index (χ0v) is 13.7. The molecule has 2 saturated heterocycles. The standard InChI is InChI=1S/C18H25NO4/c1-21-12-15-11-19(14-18(15)7-9-22-10-8-18)17(20)13-23-16-5-3-2-4-6-16/h2-6,15H,7-14H2,1H3/t15-/m0/s1. The summed E-state index contributed by atoms with van der Waals surface area (Å²) >= 11 is 0. The number of carbonyl (C=O) groups is 1. The highest BCUT2D eigenvalue weighted by Crippen LogP contribution is 2.44. The fourth-order valence-corrected chi connectivity index (χ4v) is 3.75. The number of nitrogens with zero attached hydrogens (tertiary/aromatic N) is 1. The van der Waals surface area contributed by atoms with E-state index in [2.05, 4.69) is 0 Å². The van der Waals surface area contributed by atoms with E-state index < -0.39 is 0 Å². The molecule has 0 saturated carbocycles. The van der Waals surface area contributed by atoms with Crippen molar-refractivity contribution in [3.8, 4) is 5.75 Å². The molecule has 0 aliphatic carbocycles. The first-order valence-electron chi connectivity index (χ1n) is 8.26. The number of hydrogen-bond donors (Lipinski definition) is 0. The summed E-state index contributed by atoms with van der Waals surface area (Å²) in [6, 6.07) is 9.47. The van der Waals surface area contributed by atoms with E-state index >= 15 is 0 Å². The Morgan fingerprint density at radius 1 is 1.30 bits per heavy atom. The quantitative estimate of drug-likeness (QED) is 0.832. The lowest BCUT2D eigenvalue weighted by atomic mass is 9.72. The number of benzene rings is 1. The molecule has 0 N–H and O–H groups in total. The topological polar surface area (TPSA) is 48.0 Å². The molecule has 3 rings (SSSR count). The first kappa shape index (κ1) is 16.3. The summed E-state index contributed by atoms with van der Waals surface area (Å²) in [7, 11) is 1.73. The van der Waals surface area contributed by atoms with Crippen molar-refractivity contribution in [3.05, 3.63) is 30.3 Å². The van der Waals surface area contributed by atoms with Crippen LogP contribution in [-0.2, 0) is 14.3 Å². The lowest BCUT2D eigenvalue weighted by molar-refractivity contribution is -0.133. The third-order valence-corrected chi connectivity index (χ3v) is 5.13. The molecule has 23 heavy (non-hydrogen) atoms. The summed E-state index contributed by atoms with van der Waals surface area (Å²) in [6.45, 7) is 3.90. The Hall–Kier alpha value is -1.59. The Labute approximate surface area is 137 Å². The Balaban J connectivity index is 1.60. The monoisotopic (exact) mass is 319 g/mol. The van der Waals surface area contributed by atoms with Crippen molar-refractivity contribution in [1.82, 2.24) is 4.90 Å². The van der Waals surface area contributed by atoms with E-state index in [0.717, 1.165) is 44.9 Å². The summed E-state index contributed by atoms with van der Waals surface area (Å²) in [5.74, 6) is 1.17. The van der Waals surface area contributed by atoms with Gasteiger partial charge in [-0.2, -0.15) is 0 Å². The maximum atomic E-state index is 12.5. The van der Waals surface area contributed by atoms with Crippen LogP contribution in [0.2, 0.25) is 0 Å². The van der Waals surface area contributed by atoms with Gasteiger partial charge in [0.1, 0.15) is 5.75 Å². The zero-order chi connectivity index (χ0) is 16.1. The lowest BCUT2D eigenvalue weighted by Gasteiger charge is -2.37. The van der Waals surface area contributed by atoms with Crippen LogP contribution in [-0.4, -0.2) is 57.4 Å². The molecule has 5 heteroatoms. The van der Waals surface area contributed by atoms with Crippen LogP contribution in [0, 0.1) is 11.3 Å². The molecule has 1 spiro atoms. The molecule has 0 bridgehead atoms. The largest absolute Gasteiger partial charge is 0.484 e. The van der Waals surface area contributed by atoms with Gasteiger partial charge in [0.25, 0.3) is 5.91 Å². The molecular weight excluding hydrogens is 294 g/mol. The van der Waals surface area contributed by atoms with Crippen LogP contribution in [0.4, 0.5) is 0 Å². The summed E-state index contributed by atoms with van der Waals surface area (Å²) in [6.07, 6.45) is 2.01. The minimum atomic E-state index is 0.0540. The smallest absolute Gasteiger partial charge is 0.260 e. The van der Waals surface area contributed by atoms with Crippen molar-refractivity contribution in [3.63, 3.8) is 0 Å². The van der Waals surface area contributed by atoms with E-state index in [1.54, 1.807) is 7.11 Å². The predicted molar refractivity (Wildman–Crippen MR) is 86.4 cm³/mol. The molecule has 0 unspecified atom stereocenters.